The monoisotopic (exact) mass is 950 g/mol. The van der Waals surface area contributed by atoms with Crippen molar-refractivity contribution < 1.29 is 0 Å². The van der Waals surface area contributed by atoms with Crippen molar-refractivity contribution in [1.29, 1.82) is 0 Å². The Morgan fingerprint density at radius 2 is 0.955 bits per heavy atom. The van der Waals surface area contributed by atoms with Gasteiger partial charge in [-0.3, -0.25) is 4.90 Å². The van der Waals surface area contributed by atoms with Crippen molar-refractivity contribution >= 4 is 30.2 Å². The van der Waals surface area contributed by atoms with E-state index in [4.69, 9.17) is 0 Å². The third-order valence-corrected chi connectivity index (χ3v) is 29.5. The fourth-order valence-corrected chi connectivity index (χ4v) is 28.6. The highest BCUT2D eigenvalue weighted by Crippen LogP contribution is 2.71. The van der Waals surface area contributed by atoms with Gasteiger partial charge in [-0.25, -0.2) is 0 Å². The van der Waals surface area contributed by atoms with Gasteiger partial charge in [0.2, 0.25) is 0 Å². The van der Waals surface area contributed by atoms with Gasteiger partial charge < -0.3 is 0 Å². The molecule has 13 aliphatic rings. The van der Waals surface area contributed by atoms with Crippen LogP contribution >= 0.6 is 23.5 Å². The summed E-state index contributed by atoms with van der Waals surface area (Å²) in [6.45, 7) is 24.3. The van der Waals surface area contributed by atoms with Gasteiger partial charge in [0.15, 0.2) is 6.71 Å². The summed E-state index contributed by atoms with van der Waals surface area (Å²) in [7, 11) is 0. The first kappa shape index (κ1) is 47.4. The van der Waals surface area contributed by atoms with Crippen LogP contribution in [0.5, 0.6) is 0 Å². The first-order chi connectivity index (χ1) is 32.1. The van der Waals surface area contributed by atoms with E-state index in [-0.39, 0.29) is 0 Å². The summed E-state index contributed by atoms with van der Waals surface area (Å²) in [6.07, 6.45) is 41.1. The van der Waals surface area contributed by atoms with E-state index in [0.29, 0.717) is 16.2 Å². The molecule has 10 aliphatic carbocycles. The molecule has 0 bridgehead atoms. The standard InChI is InChI=1S/C63H104BNS2/c1-61(2,3)35-36-29-55-60-56(30-36)67-54-34-42(65-51-27-21-40(62(4,5)6)32-47(51)48-33-41(63(7,8)9)22-28-52(48)65)23-26-50(54)64(60)49-25-20-39(31-53(49)66-55)43-24-19-38-15-11-17-45-44-16-10-13-37-14-12-18-46(57(37)44)59(43)58(38)45/h36-60H,10-35H2,1-9H3/t36?,37-,38?,39?,40+,41?,42+,43?,44+,45?,46?,47?,48?,49?,50-,51?,52?,53?,54?,55?,56?,57+,58-,59?,60+/m1/s1. The molecule has 3 aliphatic heterocycles. The molecule has 10 saturated carbocycles. The second-order valence-electron chi connectivity index (χ2n) is 32.0. The van der Waals surface area contributed by atoms with E-state index >= 15 is 0 Å². The Bertz CT molecular complexity index is 1730. The summed E-state index contributed by atoms with van der Waals surface area (Å²) >= 11 is 5.38. The number of thioether (sulfide) groups is 2. The largest absolute Gasteiger partial charge is 0.294 e. The Hall–Kier alpha value is 0.725. The highest BCUT2D eigenvalue weighted by molar-refractivity contribution is 8.02. The van der Waals surface area contributed by atoms with Gasteiger partial charge in [0.05, 0.1) is 0 Å². The van der Waals surface area contributed by atoms with Gasteiger partial charge in [-0.05, 0) is 232 Å². The maximum Gasteiger partial charge on any atom is 0.154 e. The molecule has 376 valence electrons. The predicted molar refractivity (Wildman–Crippen MR) is 291 cm³/mol. The molecule has 25 atom stereocenters. The first-order valence-corrected chi connectivity index (χ1v) is 33.0. The minimum absolute atomic E-state index is 0.457. The highest BCUT2D eigenvalue weighted by atomic mass is 32.2. The SMILES string of the molecule is CC(C)(C)CC1CC2SC3CC(C4CCC5CCCC6[C@@H]5C4C4CCC[C@H]5CCC[C@@H]6[C@@H]45)CCC3B3[C@@H]2C(C1)SC1C[C@@H](N2C4CCC(C(C)(C)C)CC4C4C[C@@H](C(C)(C)C)CCC42)CC[C@@H]31. The van der Waals surface area contributed by atoms with Crippen molar-refractivity contribution in [2.75, 3.05) is 0 Å². The Morgan fingerprint density at radius 3 is 1.55 bits per heavy atom. The van der Waals surface area contributed by atoms with Crippen LogP contribution in [0.4, 0.5) is 0 Å². The third-order valence-electron chi connectivity index (χ3n) is 26.0. The van der Waals surface area contributed by atoms with Crippen molar-refractivity contribution in [1.82, 2.24) is 4.90 Å². The molecule has 13 rings (SSSR count). The maximum atomic E-state index is 3.41. The average molecular weight is 950 g/mol. The fourth-order valence-electron chi connectivity index (χ4n) is 24.0. The van der Waals surface area contributed by atoms with Gasteiger partial charge in [-0.15, -0.1) is 0 Å². The van der Waals surface area contributed by atoms with Crippen molar-refractivity contribution in [2.24, 2.45) is 105 Å². The van der Waals surface area contributed by atoms with Crippen LogP contribution in [0.1, 0.15) is 229 Å². The summed E-state index contributed by atoms with van der Waals surface area (Å²) in [5.74, 6) is 19.0. The molecule has 0 aromatic heterocycles. The van der Waals surface area contributed by atoms with E-state index in [1.807, 2.05) is 0 Å². The minimum atomic E-state index is 0.457. The van der Waals surface area contributed by atoms with Crippen molar-refractivity contribution in [3.63, 3.8) is 0 Å². The maximum absolute atomic E-state index is 3.41. The van der Waals surface area contributed by atoms with Gasteiger partial charge in [-0.1, -0.05) is 120 Å². The van der Waals surface area contributed by atoms with E-state index in [9.17, 15) is 0 Å². The van der Waals surface area contributed by atoms with Crippen LogP contribution in [0.2, 0.25) is 17.5 Å². The first-order valence-electron chi connectivity index (χ1n) is 31.2. The topological polar surface area (TPSA) is 3.24 Å². The lowest BCUT2D eigenvalue weighted by molar-refractivity contribution is -0.165. The van der Waals surface area contributed by atoms with Crippen LogP contribution in [-0.4, -0.2) is 50.7 Å². The molecule has 0 spiro atoms. The molecule has 17 unspecified atom stereocenters. The number of hydrogen-bond donors (Lipinski definition) is 0. The molecule has 0 amide bonds. The van der Waals surface area contributed by atoms with E-state index in [1.165, 1.54) is 44.9 Å². The Kier molecular flexibility index (Phi) is 12.5. The van der Waals surface area contributed by atoms with Gasteiger partial charge >= 0.3 is 0 Å². The number of likely N-dealkylation sites (tertiary alicyclic amines) is 1. The Balaban J connectivity index is 0.776. The van der Waals surface area contributed by atoms with E-state index in [2.05, 4.69) is 90.7 Å². The predicted octanol–water partition coefficient (Wildman–Crippen LogP) is 17.6. The van der Waals surface area contributed by atoms with Crippen molar-refractivity contribution in [3.8, 4) is 0 Å². The molecular formula is C63H104BNS2. The summed E-state index contributed by atoms with van der Waals surface area (Å²) in [4.78, 5) is 3.41. The lowest BCUT2D eigenvalue weighted by Gasteiger charge is -2.66. The fraction of sp³-hybridized carbons (Fsp3) is 1.00. The Labute approximate surface area is 423 Å². The summed E-state index contributed by atoms with van der Waals surface area (Å²) in [5.41, 5.74) is 1.38. The van der Waals surface area contributed by atoms with Gasteiger partial charge in [0.1, 0.15) is 0 Å². The average Bonchev–Trinajstić information content (AvgIpc) is 3.62. The molecule has 1 nitrogen and oxygen atoms in total. The van der Waals surface area contributed by atoms with Crippen LogP contribution in [0.3, 0.4) is 0 Å². The molecular weight excluding hydrogens is 846 g/mol. The molecule has 13 fully saturated rings. The van der Waals surface area contributed by atoms with E-state index in [0.717, 1.165) is 152 Å². The number of hydrogen-bond acceptors (Lipinski definition) is 3. The lowest BCUT2D eigenvalue weighted by Crippen LogP contribution is -2.61. The van der Waals surface area contributed by atoms with Crippen LogP contribution in [0.25, 0.3) is 0 Å². The normalized spacial score (nSPS) is 54.0. The lowest BCUT2D eigenvalue weighted by atomic mass is 9.22. The van der Waals surface area contributed by atoms with Crippen LogP contribution < -0.4 is 0 Å². The Morgan fingerprint density at radius 1 is 0.418 bits per heavy atom. The minimum Gasteiger partial charge on any atom is -0.294 e. The van der Waals surface area contributed by atoms with Crippen LogP contribution in [0.15, 0.2) is 0 Å². The number of rotatable bonds is 3. The summed E-state index contributed by atoms with van der Waals surface area (Å²) < 4.78 is 0. The quantitative estimate of drug-likeness (QED) is 0.260. The van der Waals surface area contributed by atoms with Crippen molar-refractivity contribution in [3.05, 3.63) is 0 Å². The zero-order valence-corrected chi connectivity index (χ0v) is 46.8. The van der Waals surface area contributed by atoms with Gasteiger partial charge in [0, 0.05) is 39.1 Å². The molecule has 0 N–H and O–H groups in total. The zero-order chi connectivity index (χ0) is 45.9. The molecule has 0 aromatic rings. The van der Waals surface area contributed by atoms with Crippen molar-refractivity contribution in [2.45, 2.75) is 286 Å². The summed E-state index contributed by atoms with van der Waals surface area (Å²) in [6, 6.07) is 2.65. The number of fused-ring (bicyclic) bond motifs is 9. The van der Waals surface area contributed by atoms with Crippen LogP contribution in [0, 0.1) is 105 Å². The smallest absolute Gasteiger partial charge is 0.154 e. The molecule has 3 heterocycles. The molecule has 67 heavy (non-hydrogen) atoms. The van der Waals surface area contributed by atoms with Gasteiger partial charge in [-0.2, -0.15) is 23.5 Å². The second-order valence-corrected chi connectivity index (χ2v) is 35.0. The zero-order valence-electron chi connectivity index (χ0n) is 45.2. The molecule has 0 radical (unpaired) electrons. The van der Waals surface area contributed by atoms with Gasteiger partial charge in [0.25, 0.3) is 0 Å². The molecule has 0 aromatic carbocycles. The van der Waals surface area contributed by atoms with E-state index < -0.39 is 0 Å². The second kappa shape index (κ2) is 17.7. The van der Waals surface area contributed by atoms with Crippen LogP contribution in [-0.2, 0) is 0 Å². The van der Waals surface area contributed by atoms with E-state index in [1.54, 1.807) is 122 Å². The molecule has 3 saturated heterocycles. The highest BCUT2D eigenvalue weighted by Gasteiger charge is 2.65. The number of nitrogens with zero attached hydrogens (tertiary/aromatic N) is 1. The summed E-state index contributed by atoms with van der Waals surface area (Å²) in [5, 5.41) is 3.85. The molecule has 4 heteroatoms. The third kappa shape index (κ3) is 8.19.